The quantitative estimate of drug-likeness (QED) is 0.469. The zero-order valence-electron chi connectivity index (χ0n) is 18.0. The number of hydrogen-bond acceptors (Lipinski definition) is 5. The lowest BCUT2D eigenvalue weighted by Crippen LogP contribution is -2.29. The van der Waals surface area contributed by atoms with E-state index < -0.39 is 0 Å². The zero-order chi connectivity index (χ0) is 22.4. The highest BCUT2D eigenvalue weighted by Gasteiger charge is 2.32. The molecule has 5 rings (SSSR count). The summed E-state index contributed by atoms with van der Waals surface area (Å²) < 4.78 is 3.41. The number of nitrogens with one attached hydrogen (secondary N) is 1. The minimum Gasteiger partial charge on any atom is -0.311 e. The summed E-state index contributed by atoms with van der Waals surface area (Å²) in [6, 6.07) is 11.4. The van der Waals surface area contributed by atoms with Crippen molar-refractivity contribution in [2.75, 3.05) is 5.32 Å². The molecule has 1 amide bonds. The van der Waals surface area contributed by atoms with Crippen molar-refractivity contribution in [3.8, 4) is 11.3 Å². The van der Waals surface area contributed by atoms with E-state index >= 15 is 0 Å². The van der Waals surface area contributed by atoms with Crippen LogP contribution in [0.15, 0.2) is 55.0 Å². The van der Waals surface area contributed by atoms with Gasteiger partial charge in [-0.25, -0.2) is 14.8 Å². The second-order valence-electron chi connectivity index (χ2n) is 7.92. The van der Waals surface area contributed by atoms with E-state index in [9.17, 15) is 4.79 Å². The number of carbonyl (C=O) groups excluding carboxylic acids is 1. The van der Waals surface area contributed by atoms with Crippen molar-refractivity contribution >= 4 is 29.4 Å². The number of nitrogens with zero attached hydrogens (tertiary/aromatic N) is 6. The fourth-order valence-corrected chi connectivity index (χ4v) is 4.17. The number of halogens is 1. The third-order valence-electron chi connectivity index (χ3n) is 5.79. The van der Waals surface area contributed by atoms with E-state index in [0.29, 0.717) is 17.5 Å². The third kappa shape index (κ3) is 3.52. The Morgan fingerprint density at radius 1 is 1.22 bits per heavy atom. The second kappa shape index (κ2) is 7.80. The van der Waals surface area contributed by atoms with Gasteiger partial charge >= 0.3 is 6.03 Å². The Kier molecular flexibility index (Phi) is 4.94. The molecule has 0 radical (unpaired) electrons. The lowest BCUT2D eigenvalue weighted by Gasteiger charge is -2.24. The monoisotopic (exact) mass is 447 g/mol. The number of aromatic nitrogens is 5. The van der Waals surface area contributed by atoms with Crippen molar-refractivity contribution in [2.45, 2.75) is 26.4 Å². The van der Waals surface area contributed by atoms with E-state index in [1.165, 1.54) is 0 Å². The predicted molar refractivity (Wildman–Crippen MR) is 123 cm³/mol. The summed E-state index contributed by atoms with van der Waals surface area (Å²) >= 11 is 6.14. The molecule has 1 atom stereocenters. The summed E-state index contributed by atoms with van der Waals surface area (Å²) in [6.07, 6.45) is 5.34. The predicted octanol–water partition coefficient (Wildman–Crippen LogP) is 4.93. The first-order chi connectivity index (χ1) is 15.4. The summed E-state index contributed by atoms with van der Waals surface area (Å²) in [5, 5.41) is 7.99. The molecule has 9 heteroatoms. The van der Waals surface area contributed by atoms with Crippen LogP contribution < -0.4 is 5.32 Å². The molecule has 0 bridgehead atoms. The summed E-state index contributed by atoms with van der Waals surface area (Å²) in [4.78, 5) is 24.1. The molecule has 0 saturated heterocycles. The number of anilines is 2. The number of fused-ring (bicyclic) bond motifs is 1. The van der Waals surface area contributed by atoms with Crippen molar-refractivity contribution in [1.29, 1.82) is 0 Å². The van der Waals surface area contributed by atoms with Crippen molar-refractivity contribution in [2.24, 2.45) is 7.05 Å². The van der Waals surface area contributed by atoms with Gasteiger partial charge in [-0.2, -0.15) is 5.10 Å². The van der Waals surface area contributed by atoms with Gasteiger partial charge in [0.1, 0.15) is 5.82 Å². The van der Waals surface area contributed by atoms with E-state index in [2.05, 4.69) is 15.4 Å². The third-order valence-corrected chi connectivity index (χ3v) is 6.02. The fraction of sp³-hybridized carbons (Fsp3) is 0.217. The number of benzene rings is 1. The molecule has 0 fully saturated rings. The van der Waals surface area contributed by atoms with Gasteiger partial charge in [-0.1, -0.05) is 23.7 Å². The van der Waals surface area contributed by atoms with Crippen LogP contribution in [0, 0.1) is 6.92 Å². The van der Waals surface area contributed by atoms with Crippen LogP contribution in [0.3, 0.4) is 0 Å². The maximum atomic E-state index is 13.1. The molecule has 1 N–H and O–H groups in total. The molecular weight excluding hydrogens is 426 g/mol. The molecule has 0 saturated carbocycles. The lowest BCUT2D eigenvalue weighted by atomic mass is 10.1. The van der Waals surface area contributed by atoms with E-state index in [1.807, 2.05) is 68.4 Å². The minimum absolute atomic E-state index is 0.0568. The van der Waals surface area contributed by atoms with Crippen molar-refractivity contribution in [3.05, 3.63) is 76.8 Å². The Bertz CT molecular complexity index is 1330. The highest BCUT2D eigenvalue weighted by atomic mass is 35.5. The van der Waals surface area contributed by atoms with Crippen LogP contribution in [-0.2, 0) is 13.6 Å². The van der Waals surface area contributed by atoms with Crippen molar-refractivity contribution in [1.82, 2.24) is 29.2 Å². The molecule has 0 aliphatic carbocycles. The van der Waals surface area contributed by atoms with Gasteiger partial charge in [0.25, 0.3) is 0 Å². The van der Waals surface area contributed by atoms with E-state index in [1.54, 1.807) is 21.6 Å². The molecule has 1 aliphatic rings. The van der Waals surface area contributed by atoms with Crippen molar-refractivity contribution < 1.29 is 4.79 Å². The largest absolute Gasteiger partial charge is 0.329 e. The van der Waals surface area contributed by atoms with Crippen molar-refractivity contribution in [3.63, 3.8) is 0 Å². The zero-order valence-corrected chi connectivity index (χ0v) is 18.7. The molecule has 1 aromatic carbocycles. The first kappa shape index (κ1) is 20.3. The smallest absolute Gasteiger partial charge is 0.311 e. The highest BCUT2D eigenvalue weighted by Crippen LogP contribution is 2.33. The average Bonchev–Trinajstić information content (AvgIpc) is 3.45. The average molecular weight is 448 g/mol. The molecule has 162 valence electrons. The molecule has 4 heterocycles. The van der Waals surface area contributed by atoms with Crippen LogP contribution in [0.5, 0.6) is 0 Å². The molecule has 8 nitrogen and oxygen atoms in total. The standard InChI is InChI=1S/C23H22ClN7O/c1-14-11-25-22(27-20-7-8-26-29(20)3)28-21(14)17-10-19-13-30(23(32)31(19)12-17)15(2)16-5-4-6-18(24)9-16/h4-12,15H,13H2,1-3H3,(H,25,27,28)/t15-/m1/s1. The summed E-state index contributed by atoms with van der Waals surface area (Å²) in [6.45, 7) is 4.50. The maximum Gasteiger partial charge on any atom is 0.329 e. The van der Waals surface area contributed by atoms with Gasteiger partial charge < -0.3 is 10.2 Å². The molecular formula is C23H22ClN7O. The van der Waals surface area contributed by atoms with Gasteiger partial charge in [0, 0.05) is 41.8 Å². The maximum absolute atomic E-state index is 13.1. The SMILES string of the molecule is Cc1cnc(Nc2ccnn2C)nc1-c1cc2n(c1)C(=O)N([C@H](C)c1cccc(Cl)c1)C2. The van der Waals surface area contributed by atoms with Gasteiger partial charge in [-0.15, -0.1) is 0 Å². The van der Waals surface area contributed by atoms with E-state index in [4.69, 9.17) is 16.6 Å². The normalized spacial score (nSPS) is 14.0. The Morgan fingerprint density at radius 2 is 2.06 bits per heavy atom. The number of hydrogen-bond donors (Lipinski definition) is 1. The Morgan fingerprint density at radius 3 is 2.78 bits per heavy atom. The summed E-state index contributed by atoms with van der Waals surface area (Å²) in [5.41, 5.74) is 4.54. The molecule has 1 aliphatic heterocycles. The molecule has 4 aromatic rings. The van der Waals surface area contributed by atoms with Gasteiger partial charge in [0.2, 0.25) is 5.95 Å². The fourth-order valence-electron chi connectivity index (χ4n) is 3.97. The Balaban J connectivity index is 1.41. The Hall–Kier alpha value is -3.65. The van der Waals surface area contributed by atoms with Gasteiger partial charge in [0.15, 0.2) is 0 Å². The molecule has 0 unspecified atom stereocenters. The van der Waals surface area contributed by atoms with Crippen LogP contribution in [0.2, 0.25) is 5.02 Å². The number of aryl methyl sites for hydroxylation is 2. The van der Waals surface area contributed by atoms with Crippen LogP contribution in [-0.4, -0.2) is 35.2 Å². The van der Waals surface area contributed by atoms with E-state index in [0.717, 1.165) is 33.9 Å². The number of rotatable bonds is 5. The van der Waals surface area contributed by atoms with Crippen LogP contribution in [0.4, 0.5) is 16.6 Å². The lowest BCUT2D eigenvalue weighted by molar-refractivity contribution is 0.192. The molecule has 32 heavy (non-hydrogen) atoms. The topological polar surface area (TPSA) is 80.9 Å². The minimum atomic E-state index is -0.0833. The van der Waals surface area contributed by atoms with Crippen LogP contribution >= 0.6 is 11.6 Å². The summed E-state index contributed by atoms with van der Waals surface area (Å²) in [7, 11) is 1.84. The van der Waals surface area contributed by atoms with Gasteiger partial charge in [-0.05, 0) is 43.2 Å². The van der Waals surface area contributed by atoms with Gasteiger partial charge in [0.05, 0.1) is 24.5 Å². The Labute approximate surface area is 190 Å². The van der Waals surface area contributed by atoms with E-state index in [-0.39, 0.29) is 12.1 Å². The first-order valence-electron chi connectivity index (χ1n) is 10.3. The number of amides is 1. The van der Waals surface area contributed by atoms with Gasteiger partial charge in [-0.3, -0.25) is 9.25 Å². The molecule has 3 aromatic heterocycles. The molecule has 0 spiro atoms. The first-order valence-corrected chi connectivity index (χ1v) is 10.7. The van der Waals surface area contributed by atoms with Crippen LogP contribution in [0.1, 0.15) is 29.8 Å². The number of carbonyl (C=O) groups is 1. The highest BCUT2D eigenvalue weighted by molar-refractivity contribution is 6.30. The second-order valence-corrected chi connectivity index (χ2v) is 8.36. The summed E-state index contributed by atoms with van der Waals surface area (Å²) in [5.74, 6) is 1.27. The van der Waals surface area contributed by atoms with Crippen LogP contribution in [0.25, 0.3) is 11.3 Å².